The second-order valence-corrected chi connectivity index (χ2v) is 8.43. The van der Waals surface area contributed by atoms with Gasteiger partial charge in [0.25, 0.3) is 0 Å². The van der Waals surface area contributed by atoms with E-state index in [2.05, 4.69) is 13.0 Å². The van der Waals surface area contributed by atoms with Crippen LogP contribution in [0.5, 0.6) is 0 Å². The van der Waals surface area contributed by atoms with E-state index in [9.17, 15) is 5.26 Å². The predicted octanol–water partition coefficient (Wildman–Crippen LogP) is 7.26. The lowest BCUT2D eigenvalue weighted by atomic mass is 9.70. The van der Waals surface area contributed by atoms with E-state index >= 15 is 0 Å². The summed E-state index contributed by atoms with van der Waals surface area (Å²) in [6.45, 7) is 2.24. The third-order valence-electron chi connectivity index (χ3n) is 6.71. The Bertz CT molecular complexity index is 328. The standard InChI is InChI=1S/C22H39N/c1-2-3-5-9-20(18-23)11-8-10-19-14-16-22(17-15-19)21-12-6-4-7-13-21/h19-22H,2-17H2,1H3. The maximum Gasteiger partial charge on any atom is 0.0655 e. The molecule has 0 aromatic carbocycles. The number of hydrogen-bond acceptors (Lipinski definition) is 1. The fraction of sp³-hybridized carbons (Fsp3) is 0.955. The Kier molecular flexibility index (Phi) is 9.10. The van der Waals surface area contributed by atoms with Gasteiger partial charge < -0.3 is 0 Å². The molecule has 1 atom stereocenters. The van der Waals surface area contributed by atoms with Crippen LogP contribution in [0.2, 0.25) is 0 Å². The minimum Gasteiger partial charge on any atom is -0.198 e. The molecule has 132 valence electrons. The van der Waals surface area contributed by atoms with Crippen molar-refractivity contribution in [3.63, 3.8) is 0 Å². The molecule has 2 aliphatic rings. The predicted molar refractivity (Wildman–Crippen MR) is 99.1 cm³/mol. The topological polar surface area (TPSA) is 23.8 Å². The van der Waals surface area contributed by atoms with Crippen LogP contribution in [0.3, 0.4) is 0 Å². The van der Waals surface area contributed by atoms with Crippen LogP contribution in [-0.4, -0.2) is 0 Å². The second-order valence-electron chi connectivity index (χ2n) is 8.43. The first-order valence-corrected chi connectivity index (χ1v) is 10.7. The van der Waals surface area contributed by atoms with Crippen molar-refractivity contribution in [2.75, 3.05) is 0 Å². The van der Waals surface area contributed by atoms with Gasteiger partial charge in [0.15, 0.2) is 0 Å². The first kappa shape index (κ1) is 18.8. The van der Waals surface area contributed by atoms with Crippen LogP contribution >= 0.6 is 0 Å². The molecule has 0 saturated heterocycles. The van der Waals surface area contributed by atoms with Crippen LogP contribution in [-0.2, 0) is 0 Å². The summed E-state index contributed by atoms with van der Waals surface area (Å²) < 4.78 is 0. The summed E-state index contributed by atoms with van der Waals surface area (Å²) in [4.78, 5) is 0. The third-order valence-corrected chi connectivity index (χ3v) is 6.71. The van der Waals surface area contributed by atoms with Gasteiger partial charge in [0.1, 0.15) is 0 Å². The molecular weight excluding hydrogens is 278 g/mol. The second kappa shape index (κ2) is 11.1. The van der Waals surface area contributed by atoms with E-state index in [1.807, 2.05) is 0 Å². The highest BCUT2D eigenvalue weighted by Crippen LogP contribution is 2.41. The maximum absolute atomic E-state index is 9.29. The van der Waals surface area contributed by atoms with Crippen LogP contribution in [0.1, 0.15) is 110 Å². The zero-order valence-electron chi connectivity index (χ0n) is 15.6. The molecule has 0 heterocycles. The summed E-state index contributed by atoms with van der Waals surface area (Å²) in [6.07, 6.45) is 22.3. The third kappa shape index (κ3) is 6.86. The zero-order chi connectivity index (χ0) is 16.3. The molecule has 2 fully saturated rings. The Morgan fingerprint density at radius 1 is 0.826 bits per heavy atom. The SMILES string of the molecule is CCCCCC(C#N)CCCC1CCC(C2CCCCC2)CC1. The fourth-order valence-electron chi connectivity index (χ4n) is 5.12. The molecule has 0 amide bonds. The molecule has 1 unspecified atom stereocenters. The van der Waals surface area contributed by atoms with Crippen LogP contribution in [0.4, 0.5) is 0 Å². The van der Waals surface area contributed by atoms with E-state index in [0.29, 0.717) is 5.92 Å². The van der Waals surface area contributed by atoms with Gasteiger partial charge in [-0.1, -0.05) is 84.0 Å². The fourth-order valence-corrected chi connectivity index (χ4v) is 5.12. The number of hydrogen-bond donors (Lipinski definition) is 0. The minimum atomic E-state index is 0.333. The number of rotatable bonds is 9. The Balaban J connectivity index is 1.56. The lowest BCUT2D eigenvalue weighted by molar-refractivity contribution is 0.162. The molecule has 0 aromatic rings. The smallest absolute Gasteiger partial charge is 0.0655 e. The molecule has 0 aliphatic heterocycles. The van der Waals surface area contributed by atoms with Gasteiger partial charge in [-0.3, -0.25) is 0 Å². The van der Waals surface area contributed by atoms with Gasteiger partial charge in [-0.25, -0.2) is 0 Å². The molecule has 2 aliphatic carbocycles. The molecule has 0 radical (unpaired) electrons. The maximum atomic E-state index is 9.29. The first-order chi connectivity index (χ1) is 11.3. The quantitative estimate of drug-likeness (QED) is 0.410. The molecule has 2 rings (SSSR count). The molecule has 0 bridgehead atoms. The van der Waals surface area contributed by atoms with Crippen molar-refractivity contribution < 1.29 is 0 Å². The molecule has 0 aromatic heterocycles. The molecule has 2 saturated carbocycles. The number of unbranched alkanes of at least 4 members (excludes halogenated alkanes) is 2. The van der Waals surface area contributed by atoms with Crippen molar-refractivity contribution in [2.45, 2.75) is 110 Å². The van der Waals surface area contributed by atoms with Gasteiger partial charge in [-0.05, 0) is 43.4 Å². The molecule has 0 spiro atoms. The Labute approximate surface area is 145 Å². The summed E-state index contributed by atoms with van der Waals surface area (Å²) in [6, 6.07) is 2.55. The highest BCUT2D eigenvalue weighted by molar-refractivity contribution is 4.83. The largest absolute Gasteiger partial charge is 0.198 e. The van der Waals surface area contributed by atoms with Crippen molar-refractivity contribution in [3.05, 3.63) is 0 Å². The zero-order valence-corrected chi connectivity index (χ0v) is 15.6. The average Bonchev–Trinajstić information content (AvgIpc) is 2.62. The van der Waals surface area contributed by atoms with Crippen molar-refractivity contribution in [1.82, 2.24) is 0 Å². The van der Waals surface area contributed by atoms with E-state index < -0.39 is 0 Å². The van der Waals surface area contributed by atoms with Crippen molar-refractivity contribution in [2.24, 2.45) is 23.7 Å². The van der Waals surface area contributed by atoms with Crippen LogP contribution < -0.4 is 0 Å². The Morgan fingerprint density at radius 3 is 2.13 bits per heavy atom. The Morgan fingerprint density at radius 2 is 1.48 bits per heavy atom. The van der Waals surface area contributed by atoms with Gasteiger partial charge in [0.2, 0.25) is 0 Å². The lowest BCUT2D eigenvalue weighted by Gasteiger charge is -2.36. The van der Waals surface area contributed by atoms with Gasteiger partial charge in [-0.15, -0.1) is 0 Å². The Hall–Kier alpha value is -0.510. The molecule has 1 nitrogen and oxygen atoms in total. The van der Waals surface area contributed by atoms with Gasteiger partial charge >= 0.3 is 0 Å². The number of nitriles is 1. The summed E-state index contributed by atoms with van der Waals surface area (Å²) in [5.74, 6) is 3.45. The van der Waals surface area contributed by atoms with Crippen LogP contribution in [0.25, 0.3) is 0 Å². The van der Waals surface area contributed by atoms with Crippen molar-refractivity contribution in [3.8, 4) is 6.07 Å². The summed E-state index contributed by atoms with van der Waals surface area (Å²) in [5.41, 5.74) is 0. The van der Waals surface area contributed by atoms with Gasteiger partial charge in [0.05, 0.1) is 6.07 Å². The van der Waals surface area contributed by atoms with E-state index in [1.165, 1.54) is 89.9 Å². The highest BCUT2D eigenvalue weighted by atomic mass is 14.3. The average molecular weight is 318 g/mol. The molecular formula is C22H39N. The monoisotopic (exact) mass is 317 g/mol. The van der Waals surface area contributed by atoms with E-state index in [0.717, 1.165) is 30.6 Å². The van der Waals surface area contributed by atoms with E-state index in [4.69, 9.17) is 0 Å². The molecule has 0 N–H and O–H groups in total. The minimum absolute atomic E-state index is 0.333. The van der Waals surface area contributed by atoms with Crippen molar-refractivity contribution >= 4 is 0 Å². The summed E-state index contributed by atoms with van der Waals surface area (Å²) in [7, 11) is 0. The lowest BCUT2D eigenvalue weighted by Crippen LogP contribution is -2.23. The molecule has 1 heteroatoms. The van der Waals surface area contributed by atoms with Gasteiger partial charge in [0, 0.05) is 5.92 Å². The summed E-state index contributed by atoms with van der Waals surface area (Å²) in [5, 5.41) is 9.29. The number of nitrogens with zero attached hydrogens (tertiary/aromatic N) is 1. The van der Waals surface area contributed by atoms with Gasteiger partial charge in [-0.2, -0.15) is 5.26 Å². The highest BCUT2D eigenvalue weighted by Gasteiger charge is 2.28. The van der Waals surface area contributed by atoms with Crippen molar-refractivity contribution in [1.29, 1.82) is 5.26 Å². The van der Waals surface area contributed by atoms with Crippen LogP contribution in [0.15, 0.2) is 0 Å². The molecule has 23 heavy (non-hydrogen) atoms. The first-order valence-electron chi connectivity index (χ1n) is 10.7. The van der Waals surface area contributed by atoms with E-state index in [-0.39, 0.29) is 0 Å². The van der Waals surface area contributed by atoms with E-state index in [1.54, 1.807) is 0 Å². The summed E-state index contributed by atoms with van der Waals surface area (Å²) >= 11 is 0. The van der Waals surface area contributed by atoms with Crippen LogP contribution in [0, 0.1) is 35.0 Å². The normalized spacial score (nSPS) is 27.5.